The maximum atomic E-state index is 9.24. The molecule has 0 bridgehead atoms. The molecule has 0 radical (unpaired) electrons. The van der Waals surface area contributed by atoms with E-state index in [1.807, 2.05) is 6.92 Å². The van der Waals surface area contributed by atoms with Crippen molar-refractivity contribution < 1.29 is 4.42 Å². The van der Waals surface area contributed by atoms with Gasteiger partial charge in [-0.05, 0) is 18.6 Å². The Morgan fingerprint density at radius 3 is 2.94 bits per heavy atom. The van der Waals surface area contributed by atoms with Gasteiger partial charge in [0.1, 0.15) is 23.1 Å². The van der Waals surface area contributed by atoms with Crippen LogP contribution in [0.5, 0.6) is 0 Å². The van der Waals surface area contributed by atoms with Gasteiger partial charge in [0.05, 0.1) is 6.26 Å². The van der Waals surface area contributed by atoms with Gasteiger partial charge in [0.2, 0.25) is 5.95 Å². The minimum atomic E-state index is 0.110. The highest BCUT2D eigenvalue weighted by Crippen LogP contribution is 2.26. The molecule has 0 saturated carbocycles. The lowest BCUT2D eigenvalue weighted by atomic mass is 10.2. The molecule has 2 aromatic rings. The molecule has 0 aliphatic heterocycles. The first-order valence-electron chi connectivity index (χ1n) is 5.61. The molecule has 2 rings (SSSR count). The summed E-state index contributed by atoms with van der Waals surface area (Å²) in [5, 5.41) is 12.3. The number of aromatic nitrogens is 2. The van der Waals surface area contributed by atoms with Gasteiger partial charge in [0.15, 0.2) is 5.76 Å². The van der Waals surface area contributed by atoms with Crippen LogP contribution >= 0.6 is 0 Å². The van der Waals surface area contributed by atoms with Crippen LogP contribution in [-0.4, -0.2) is 16.5 Å². The van der Waals surface area contributed by atoms with Gasteiger partial charge >= 0.3 is 0 Å². The Morgan fingerprint density at radius 1 is 1.50 bits per heavy atom. The van der Waals surface area contributed by atoms with Crippen LogP contribution in [0.3, 0.4) is 0 Å². The Labute approximate surface area is 104 Å². The fraction of sp³-hybridized carbons (Fsp3) is 0.250. The van der Waals surface area contributed by atoms with Crippen molar-refractivity contribution in [2.24, 2.45) is 0 Å². The SMILES string of the molecule is CCCNc1nc(N)nc(-c2ccco2)c1C#N. The van der Waals surface area contributed by atoms with Crippen molar-refractivity contribution in [3.8, 4) is 17.5 Å². The van der Waals surface area contributed by atoms with Crippen molar-refractivity contribution in [3.63, 3.8) is 0 Å². The summed E-state index contributed by atoms with van der Waals surface area (Å²) in [6, 6.07) is 5.54. The van der Waals surface area contributed by atoms with Gasteiger partial charge in [0, 0.05) is 6.54 Å². The number of nitrogens with zero attached hydrogens (tertiary/aromatic N) is 3. The molecule has 2 heterocycles. The number of nitriles is 1. The van der Waals surface area contributed by atoms with E-state index in [-0.39, 0.29) is 5.95 Å². The summed E-state index contributed by atoms with van der Waals surface area (Å²) >= 11 is 0. The highest BCUT2D eigenvalue weighted by atomic mass is 16.3. The van der Waals surface area contributed by atoms with E-state index in [2.05, 4.69) is 21.4 Å². The van der Waals surface area contributed by atoms with E-state index in [4.69, 9.17) is 10.2 Å². The second-order valence-electron chi connectivity index (χ2n) is 3.67. The van der Waals surface area contributed by atoms with Crippen LogP contribution in [0.2, 0.25) is 0 Å². The third-order valence-electron chi connectivity index (χ3n) is 2.34. The van der Waals surface area contributed by atoms with Gasteiger partial charge in [-0.3, -0.25) is 0 Å². The van der Waals surface area contributed by atoms with Crippen molar-refractivity contribution in [1.29, 1.82) is 5.26 Å². The van der Waals surface area contributed by atoms with Crippen molar-refractivity contribution in [2.45, 2.75) is 13.3 Å². The second-order valence-corrected chi connectivity index (χ2v) is 3.67. The van der Waals surface area contributed by atoms with Crippen LogP contribution in [-0.2, 0) is 0 Å². The molecule has 0 atom stereocenters. The molecular weight excluding hydrogens is 230 g/mol. The van der Waals surface area contributed by atoms with Gasteiger partial charge in [-0.1, -0.05) is 6.92 Å². The molecule has 0 amide bonds. The zero-order valence-corrected chi connectivity index (χ0v) is 9.97. The average Bonchev–Trinajstić information content (AvgIpc) is 2.89. The maximum absolute atomic E-state index is 9.24. The Morgan fingerprint density at radius 2 is 2.33 bits per heavy atom. The Kier molecular flexibility index (Phi) is 3.44. The van der Waals surface area contributed by atoms with Crippen LogP contribution in [0.15, 0.2) is 22.8 Å². The Hall–Kier alpha value is -2.55. The maximum Gasteiger partial charge on any atom is 0.222 e. The van der Waals surface area contributed by atoms with E-state index in [0.29, 0.717) is 29.4 Å². The molecular formula is C12H13N5O. The monoisotopic (exact) mass is 243 g/mol. The Bertz CT molecular complexity index is 571. The molecule has 0 aliphatic rings. The van der Waals surface area contributed by atoms with E-state index in [1.165, 1.54) is 6.26 Å². The molecule has 3 N–H and O–H groups in total. The predicted octanol–water partition coefficient (Wildman–Crippen LogP) is 2.01. The summed E-state index contributed by atoms with van der Waals surface area (Å²) in [6.07, 6.45) is 2.44. The minimum absolute atomic E-state index is 0.110. The Balaban J connectivity index is 2.52. The fourth-order valence-electron chi connectivity index (χ4n) is 1.55. The zero-order chi connectivity index (χ0) is 13.0. The highest BCUT2D eigenvalue weighted by molar-refractivity contribution is 5.70. The minimum Gasteiger partial charge on any atom is -0.463 e. The van der Waals surface area contributed by atoms with Crippen molar-refractivity contribution in [2.75, 3.05) is 17.6 Å². The molecule has 0 spiro atoms. The number of rotatable bonds is 4. The van der Waals surface area contributed by atoms with Crippen LogP contribution in [0.1, 0.15) is 18.9 Å². The third kappa shape index (κ3) is 2.25. The quantitative estimate of drug-likeness (QED) is 0.851. The van der Waals surface area contributed by atoms with Crippen molar-refractivity contribution in [3.05, 3.63) is 24.0 Å². The lowest BCUT2D eigenvalue weighted by Gasteiger charge is -2.09. The number of nitrogen functional groups attached to an aromatic ring is 1. The van der Waals surface area contributed by atoms with Gasteiger partial charge in [-0.15, -0.1) is 0 Å². The number of nitrogens with two attached hydrogens (primary N) is 1. The van der Waals surface area contributed by atoms with E-state index in [9.17, 15) is 5.26 Å². The number of nitrogens with one attached hydrogen (secondary N) is 1. The first-order chi connectivity index (χ1) is 8.76. The molecule has 2 aromatic heterocycles. The van der Waals surface area contributed by atoms with Crippen molar-refractivity contribution in [1.82, 2.24) is 9.97 Å². The predicted molar refractivity (Wildman–Crippen MR) is 67.6 cm³/mol. The van der Waals surface area contributed by atoms with Crippen molar-refractivity contribution >= 4 is 11.8 Å². The van der Waals surface area contributed by atoms with Crippen LogP contribution in [0.4, 0.5) is 11.8 Å². The van der Waals surface area contributed by atoms with E-state index in [1.54, 1.807) is 12.1 Å². The smallest absolute Gasteiger partial charge is 0.222 e. The molecule has 6 heteroatoms. The van der Waals surface area contributed by atoms with Crippen LogP contribution < -0.4 is 11.1 Å². The second kappa shape index (κ2) is 5.19. The van der Waals surface area contributed by atoms with Gasteiger partial charge < -0.3 is 15.5 Å². The van der Waals surface area contributed by atoms with Gasteiger partial charge in [-0.25, -0.2) is 4.98 Å². The summed E-state index contributed by atoms with van der Waals surface area (Å²) in [4.78, 5) is 8.11. The fourth-order valence-corrected chi connectivity index (χ4v) is 1.55. The normalized spacial score (nSPS) is 10.0. The molecule has 0 saturated heterocycles. The molecule has 6 nitrogen and oxygen atoms in total. The number of hydrogen-bond donors (Lipinski definition) is 2. The van der Waals surface area contributed by atoms with Crippen LogP contribution in [0, 0.1) is 11.3 Å². The summed E-state index contributed by atoms with van der Waals surface area (Å²) in [6.45, 7) is 2.74. The number of hydrogen-bond acceptors (Lipinski definition) is 6. The first kappa shape index (κ1) is 11.9. The largest absolute Gasteiger partial charge is 0.463 e. The molecule has 0 aromatic carbocycles. The standard InChI is InChI=1S/C12H13N5O/c1-2-5-15-11-8(7-13)10(16-12(14)17-11)9-4-3-6-18-9/h3-4,6H,2,5H2,1H3,(H3,14,15,16,17). The summed E-state index contributed by atoms with van der Waals surface area (Å²) in [5.74, 6) is 1.05. The lowest BCUT2D eigenvalue weighted by molar-refractivity contribution is 0.580. The average molecular weight is 243 g/mol. The molecule has 0 unspecified atom stereocenters. The van der Waals surface area contributed by atoms with E-state index in [0.717, 1.165) is 6.42 Å². The lowest BCUT2D eigenvalue weighted by Crippen LogP contribution is -2.09. The topological polar surface area (TPSA) is 101 Å². The number of anilines is 2. The van der Waals surface area contributed by atoms with E-state index >= 15 is 0 Å². The third-order valence-corrected chi connectivity index (χ3v) is 2.34. The highest BCUT2D eigenvalue weighted by Gasteiger charge is 2.16. The van der Waals surface area contributed by atoms with Crippen LogP contribution in [0.25, 0.3) is 11.5 Å². The first-order valence-corrected chi connectivity index (χ1v) is 5.61. The summed E-state index contributed by atoms with van der Waals surface area (Å²) in [7, 11) is 0. The zero-order valence-electron chi connectivity index (χ0n) is 9.97. The molecule has 0 fully saturated rings. The molecule has 92 valence electrons. The van der Waals surface area contributed by atoms with Gasteiger partial charge in [-0.2, -0.15) is 10.2 Å². The van der Waals surface area contributed by atoms with Gasteiger partial charge in [0.25, 0.3) is 0 Å². The summed E-state index contributed by atoms with van der Waals surface area (Å²) in [5.41, 5.74) is 6.40. The molecule has 0 aliphatic carbocycles. The van der Waals surface area contributed by atoms with E-state index < -0.39 is 0 Å². The molecule has 18 heavy (non-hydrogen) atoms. The number of furan rings is 1. The summed E-state index contributed by atoms with van der Waals surface area (Å²) < 4.78 is 5.25.